The number of rotatable bonds is 6. The zero-order chi connectivity index (χ0) is 17.5. The number of halogens is 1. The lowest BCUT2D eigenvalue weighted by molar-refractivity contribution is -0.385. The van der Waals surface area contributed by atoms with Gasteiger partial charge in [0, 0.05) is 15.2 Å². The molecule has 0 aliphatic heterocycles. The second-order valence-electron chi connectivity index (χ2n) is 4.51. The average Bonchev–Trinajstić information content (AvgIpc) is 2.55. The normalized spacial score (nSPS) is 10.5. The molecule has 2 aromatic rings. The average molecular weight is 441 g/mol. The second kappa shape index (κ2) is 8.24. The van der Waals surface area contributed by atoms with Gasteiger partial charge in [-0.1, -0.05) is 6.07 Å². The number of amides is 1. The number of phenols is 1. The van der Waals surface area contributed by atoms with Crippen LogP contribution in [0.2, 0.25) is 0 Å². The first kappa shape index (κ1) is 17.7. The Kier molecular flexibility index (Phi) is 6.07. The first-order valence-corrected chi connectivity index (χ1v) is 7.72. The van der Waals surface area contributed by atoms with Gasteiger partial charge in [-0.2, -0.15) is 5.10 Å². The summed E-state index contributed by atoms with van der Waals surface area (Å²) < 4.78 is 6.32. The van der Waals surface area contributed by atoms with E-state index < -0.39 is 22.3 Å². The summed E-state index contributed by atoms with van der Waals surface area (Å²) in [5, 5.41) is 24.1. The Bertz CT molecular complexity index is 777. The van der Waals surface area contributed by atoms with Crippen LogP contribution in [-0.2, 0) is 4.79 Å². The van der Waals surface area contributed by atoms with Crippen molar-refractivity contribution in [2.24, 2.45) is 5.10 Å². The SMILES string of the molecule is O=C(COc1ccc(I)cc1)NN=Cc1cccc([N+](=O)[O-])c1O. The van der Waals surface area contributed by atoms with Crippen molar-refractivity contribution in [1.29, 1.82) is 0 Å². The molecule has 0 unspecified atom stereocenters. The number of nitro groups is 1. The number of phenolic OH excluding ortho intramolecular Hbond substituents is 1. The Morgan fingerprint density at radius 1 is 1.33 bits per heavy atom. The van der Waals surface area contributed by atoms with E-state index in [4.69, 9.17) is 4.74 Å². The first-order chi connectivity index (χ1) is 11.5. The maximum absolute atomic E-state index is 11.6. The van der Waals surface area contributed by atoms with Crippen LogP contribution in [0, 0.1) is 13.7 Å². The van der Waals surface area contributed by atoms with Crippen LogP contribution in [0.25, 0.3) is 0 Å². The zero-order valence-electron chi connectivity index (χ0n) is 12.2. The van der Waals surface area contributed by atoms with Crippen LogP contribution in [-0.4, -0.2) is 28.8 Å². The van der Waals surface area contributed by atoms with E-state index in [-0.39, 0.29) is 12.2 Å². The van der Waals surface area contributed by atoms with Gasteiger partial charge in [0.1, 0.15) is 5.75 Å². The molecule has 124 valence electrons. The summed E-state index contributed by atoms with van der Waals surface area (Å²) in [6, 6.07) is 11.2. The molecule has 2 N–H and O–H groups in total. The molecule has 0 saturated heterocycles. The monoisotopic (exact) mass is 441 g/mol. The van der Waals surface area contributed by atoms with Gasteiger partial charge in [-0.25, -0.2) is 5.43 Å². The highest BCUT2D eigenvalue weighted by molar-refractivity contribution is 14.1. The predicted octanol–water partition coefficient (Wildman–Crippen LogP) is 2.43. The molecule has 1 amide bonds. The summed E-state index contributed by atoms with van der Waals surface area (Å²) in [7, 11) is 0. The zero-order valence-corrected chi connectivity index (χ0v) is 14.3. The lowest BCUT2D eigenvalue weighted by atomic mass is 10.2. The molecule has 9 heteroatoms. The molecule has 8 nitrogen and oxygen atoms in total. The van der Waals surface area contributed by atoms with Crippen molar-refractivity contribution in [3.8, 4) is 11.5 Å². The Morgan fingerprint density at radius 3 is 2.71 bits per heavy atom. The van der Waals surface area contributed by atoms with Gasteiger partial charge in [0.05, 0.1) is 11.1 Å². The lowest BCUT2D eigenvalue weighted by Gasteiger charge is -2.05. The van der Waals surface area contributed by atoms with Crippen LogP contribution in [0.3, 0.4) is 0 Å². The number of para-hydroxylation sites is 1. The number of hydrogen-bond donors (Lipinski definition) is 2. The third-order valence-electron chi connectivity index (χ3n) is 2.82. The number of carbonyl (C=O) groups is 1. The Hall–Kier alpha value is -2.69. The maximum Gasteiger partial charge on any atom is 0.311 e. The fourth-order valence-corrected chi connectivity index (χ4v) is 2.05. The van der Waals surface area contributed by atoms with E-state index in [0.29, 0.717) is 5.75 Å². The molecule has 0 aliphatic rings. The van der Waals surface area contributed by atoms with Gasteiger partial charge in [-0.15, -0.1) is 0 Å². The predicted molar refractivity (Wildman–Crippen MR) is 95.2 cm³/mol. The molecule has 0 fully saturated rings. The van der Waals surface area contributed by atoms with Gasteiger partial charge >= 0.3 is 5.69 Å². The fourth-order valence-electron chi connectivity index (χ4n) is 1.69. The summed E-state index contributed by atoms with van der Waals surface area (Å²) in [5.74, 6) is -0.476. The van der Waals surface area contributed by atoms with Crippen molar-refractivity contribution >= 4 is 40.4 Å². The number of nitro benzene ring substituents is 1. The molecule has 0 heterocycles. The molecule has 0 radical (unpaired) electrons. The molecule has 0 spiro atoms. The Balaban J connectivity index is 1.89. The number of aromatic hydroxyl groups is 1. The Labute approximate surface area is 150 Å². The van der Waals surface area contributed by atoms with Crippen LogP contribution < -0.4 is 10.2 Å². The number of hydrazone groups is 1. The molecule has 0 atom stereocenters. The van der Waals surface area contributed by atoms with E-state index in [1.807, 2.05) is 12.1 Å². The number of ether oxygens (including phenoxy) is 1. The maximum atomic E-state index is 11.6. The van der Waals surface area contributed by atoms with Crippen molar-refractivity contribution in [2.45, 2.75) is 0 Å². The third kappa shape index (κ3) is 4.91. The second-order valence-corrected chi connectivity index (χ2v) is 5.75. The Morgan fingerprint density at radius 2 is 2.04 bits per heavy atom. The number of nitrogens with zero attached hydrogens (tertiary/aromatic N) is 2. The van der Waals surface area contributed by atoms with E-state index >= 15 is 0 Å². The molecule has 2 rings (SSSR count). The smallest absolute Gasteiger partial charge is 0.311 e. The minimum absolute atomic E-state index is 0.114. The first-order valence-electron chi connectivity index (χ1n) is 6.64. The quantitative estimate of drug-likeness (QED) is 0.310. The van der Waals surface area contributed by atoms with E-state index in [1.54, 1.807) is 12.1 Å². The summed E-state index contributed by atoms with van der Waals surface area (Å²) in [6.07, 6.45) is 1.12. The molecule has 0 aromatic heterocycles. The number of hydrogen-bond acceptors (Lipinski definition) is 6. The standard InChI is InChI=1S/C15H12IN3O5/c16-11-4-6-12(7-5-11)24-9-14(20)18-17-8-10-2-1-3-13(15(10)21)19(22)23/h1-8,21H,9H2,(H,18,20). The van der Waals surface area contributed by atoms with Crippen LogP contribution in [0.4, 0.5) is 5.69 Å². The summed E-state index contributed by atoms with van der Waals surface area (Å²) in [5.41, 5.74) is 1.89. The topological polar surface area (TPSA) is 114 Å². The van der Waals surface area contributed by atoms with Crippen molar-refractivity contribution in [2.75, 3.05) is 6.61 Å². The van der Waals surface area contributed by atoms with Crippen molar-refractivity contribution < 1.29 is 19.6 Å². The molecule has 2 aromatic carbocycles. The van der Waals surface area contributed by atoms with E-state index in [0.717, 1.165) is 9.78 Å². The minimum Gasteiger partial charge on any atom is -0.502 e. The van der Waals surface area contributed by atoms with Crippen molar-refractivity contribution in [3.63, 3.8) is 0 Å². The van der Waals surface area contributed by atoms with Crippen LogP contribution in [0.5, 0.6) is 11.5 Å². The van der Waals surface area contributed by atoms with Gasteiger partial charge in [0.25, 0.3) is 5.91 Å². The highest BCUT2D eigenvalue weighted by Gasteiger charge is 2.15. The minimum atomic E-state index is -0.708. The van der Waals surface area contributed by atoms with E-state index in [9.17, 15) is 20.0 Å². The summed E-state index contributed by atoms with van der Waals surface area (Å²) in [6.45, 7) is -0.237. The van der Waals surface area contributed by atoms with Gasteiger partial charge in [-0.3, -0.25) is 14.9 Å². The highest BCUT2D eigenvalue weighted by Crippen LogP contribution is 2.27. The number of nitrogens with one attached hydrogen (secondary N) is 1. The van der Waals surface area contributed by atoms with Gasteiger partial charge < -0.3 is 9.84 Å². The fraction of sp³-hybridized carbons (Fsp3) is 0.0667. The largest absolute Gasteiger partial charge is 0.502 e. The highest BCUT2D eigenvalue weighted by atomic mass is 127. The molecule has 0 saturated carbocycles. The van der Waals surface area contributed by atoms with Crippen LogP contribution in [0.1, 0.15) is 5.56 Å². The van der Waals surface area contributed by atoms with E-state index in [2.05, 4.69) is 33.1 Å². The summed E-state index contributed by atoms with van der Waals surface area (Å²) in [4.78, 5) is 21.6. The van der Waals surface area contributed by atoms with Crippen LogP contribution >= 0.6 is 22.6 Å². The molecule has 0 bridgehead atoms. The number of carbonyl (C=O) groups excluding carboxylic acids is 1. The molecule has 0 aliphatic carbocycles. The third-order valence-corrected chi connectivity index (χ3v) is 3.54. The van der Waals surface area contributed by atoms with Crippen LogP contribution in [0.15, 0.2) is 47.6 Å². The molecule has 24 heavy (non-hydrogen) atoms. The molecular formula is C15H12IN3O5. The summed E-state index contributed by atoms with van der Waals surface area (Å²) >= 11 is 2.15. The lowest BCUT2D eigenvalue weighted by Crippen LogP contribution is -2.24. The van der Waals surface area contributed by atoms with Gasteiger partial charge in [0.15, 0.2) is 6.61 Å². The van der Waals surface area contributed by atoms with Crippen molar-refractivity contribution in [1.82, 2.24) is 5.43 Å². The van der Waals surface area contributed by atoms with E-state index in [1.165, 1.54) is 18.2 Å². The number of benzene rings is 2. The molecular weight excluding hydrogens is 429 g/mol. The van der Waals surface area contributed by atoms with Crippen molar-refractivity contribution in [3.05, 3.63) is 61.7 Å². The van der Waals surface area contributed by atoms with Gasteiger partial charge in [-0.05, 0) is 52.9 Å². The van der Waals surface area contributed by atoms with Gasteiger partial charge in [0.2, 0.25) is 5.75 Å².